The summed E-state index contributed by atoms with van der Waals surface area (Å²) in [7, 11) is 0. The van der Waals surface area contributed by atoms with Gasteiger partial charge in [0.2, 0.25) is 0 Å². The third kappa shape index (κ3) is 4.16. The molecule has 5 nitrogen and oxygen atoms in total. The number of benzene rings is 3. The zero-order chi connectivity index (χ0) is 22.8. The highest BCUT2D eigenvalue weighted by Crippen LogP contribution is 2.48. The van der Waals surface area contributed by atoms with Crippen LogP contribution in [0.4, 0.5) is 0 Å². The van der Waals surface area contributed by atoms with Crippen molar-refractivity contribution in [3.63, 3.8) is 0 Å². The van der Waals surface area contributed by atoms with Crippen LogP contribution in [0.15, 0.2) is 37.6 Å². The molecule has 158 valence electrons. The first-order valence-electron chi connectivity index (χ1n) is 8.23. The van der Waals surface area contributed by atoms with Crippen molar-refractivity contribution in [3.8, 4) is 22.6 Å². The van der Waals surface area contributed by atoms with E-state index in [1.807, 2.05) is 90.4 Å². The minimum atomic E-state index is -1.08. The average molecular weight is 995 g/mol. The Morgan fingerprint density at radius 1 is 0.806 bits per heavy atom. The molecule has 0 aliphatic heterocycles. The van der Waals surface area contributed by atoms with Crippen molar-refractivity contribution in [1.82, 2.24) is 0 Å². The molecule has 4 rings (SSSR count). The standard InChI is InChI=1S/C20H6Br2I4O5/c21-5-1-8(20(29)30)13(9(22)2-5)12-6-3-10(23)16(27)14(25)18(6)31-19-7(12)4-11(24)17(28)15(19)26/h1-4H,(H2-,27,28,29,30)/p+1. The van der Waals surface area contributed by atoms with Crippen LogP contribution in [0.3, 0.4) is 0 Å². The Labute approximate surface area is 246 Å². The van der Waals surface area contributed by atoms with Crippen LogP contribution in [-0.4, -0.2) is 21.3 Å². The Kier molecular flexibility index (Phi) is 7.20. The van der Waals surface area contributed by atoms with E-state index in [-0.39, 0.29) is 17.1 Å². The maximum atomic E-state index is 12.2. The molecule has 11 heteroatoms. The van der Waals surface area contributed by atoms with E-state index in [9.17, 15) is 20.1 Å². The van der Waals surface area contributed by atoms with Crippen molar-refractivity contribution in [1.29, 1.82) is 0 Å². The van der Waals surface area contributed by atoms with Gasteiger partial charge in [0.15, 0.2) is 18.6 Å². The highest BCUT2D eigenvalue weighted by molar-refractivity contribution is 14.1. The number of hydrogen-bond acceptors (Lipinski definition) is 3. The number of phenols is 2. The van der Waals surface area contributed by atoms with E-state index >= 15 is 0 Å². The summed E-state index contributed by atoms with van der Waals surface area (Å²) in [6, 6.07) is 6.89. The summed E-state index contributed by atoms with van der Waals surface area (Å²) < 4.78 is 9.63. The lowest BCUT2D eigenvalue weighted by atomic mass is 9.93. The Bertz CT molecular complexity index is 1380. The Morgan fingerprint density at radius 2 is 1.29 bits per heavy atom. The summed E-state index contributed by atoms with van der Waals surface area (Å²) in [5, 5.41) is 32.3. The van der Waals surface area contributed by atoms with Crippen LogP contribution >= 0.6 is 122 Å². The lowest BCUT2D eigenvalue weighted by Crippen LogP contribution is -2.02. The van der Waals surface area contributed by atoms with Crippen LogP contribution in [0.25, 0.3) is 33.1 Å². The molecule has 0 radical (unpaired) electrons. The van der Waals surface area contributed by atoms with Crippen molar-refractivity contribution in [2.45, 2.75) is 0 Å². The van der Waals surface area contributed by atoms with E-state index in [0.29, 0.717) is 56.3 Å². The van der Waals surface area contributed by atoms with Crippen molar-refractivity contribution in [2.75, 3.05) is 0 Å². The van der Waals surface area contributed by atoms with Gasteiger partial charge in [0.1, 0.15) is 0 Å². The zero-order valence-corrected chi connectivity index (χ0v) is 26.5. The molecule has 0 atom stereocenters. The van der Waals surface area contributed by atoms with E-state index in [4.69, 9.17) is 4.42 Å². The van der Waals surface area contributed by atoms with Crippen molar-refractivity contribution in [2.24, 2.45) is 0 Å². The molecule has 0 amide bonds. The van der Waals surface area contributed by atoms with Crippen molar-refractivity contribution >= 4 is 150 Å². The largest absolute Gasteiger partial charge is 0.505 e. The van der Waals surface area contributed by atoms with Crippen LogP contribution in [-0.2, 0) is 0 Å². The number of carbonyl (C=O) groups is 1. The van der Waals surface area contributed by atoms with Gasteiger partial charge in [-0.1, -0.05) is 31.9 Å². The van der Waals surface area contributed by atoms with Crippen molar-refractivity contribution in [3.05, 3.63) is 53.1 Å². The van der Waals surface area contributed by atoms with Gasteiger partial charge in [0.25, 0.3) is 0 Å². The average Bonchev–Trinajstić information content (AvgIpc) is 2.70. The number of carboxylic acid groups (broad SMARTS) is 1. The molecule has 0 saturated carbocycles. The predicted octanol–water partition coefficient (Wildman–Crippen LogP) is 8.59. The fourth-order valence-electron chi connectivity index (χ4n) is 3.27. The number of aromatic hydroxyl groups is 2. The van der Waals surface area contributed by atoms with E-state index in [2.05, 4.69) is 31.9 Å². The first-order chi connectivity index (χ1) is 14.5. The van der Waals surface area contributed by atoms with Gasteiger partial charge in [-0.05, 0) is 115 Å². The van der Waals surface area contributed by atoms with Gasteiger partial charge >= 0.3 is 17.1 Å². The van der Waals surface area contributed by atoms with Crippen LogP contribution < -0.4 is 0 Å². The minimum absolute atomic E-state index is 0.0841. The number of halogens is 6. The summed E-state index contributed by atoms with van der Waals surface area (Å²) in [5.74, 6) is -0.910. The highest BCUT2D eigenvalue weighted by Gasteiger charge is 2.32. The molecule has 4 aromatic rings. The monoisotopic (exact) mass is 992 g/mol. The van der Waals surface area contributed by atoms with Crippen LogP contribution in [0.5, 0.6) is 11.5 Å². The smallest absolute Gasteiger partial charge is 0.378 e. The fraction of sp³-hybridized carbons (Fsp3) is 0. The fourth-order valence-corrected chi connectivity index (χ4v) is 8.27. The van der Waals surface area contributed by atoms with Gasteiger partial charge in [0, 0.05) is 20.1 Å². The first-order valence-corrected chi connectivity index (χ1v) is 14.1. The third-order valence-electron chi connectivity index (χ3n) is 4.58. The lowest BCUT2D eigenvalue weighted by molar-refractivity contribution is 0.0697. The topological polar surface area (TPSA) is 89.1 Å². The number of rotatable bonds is 2. The molecule has 1 aromatic heterocycles. The second kappa shape index (κ2) is 9.14. The van der Waals surface area contributed by atoms with Crippen molar-refractivity contribution < 1.29 is 24.5 Å². The van der Waals surface area contributed by atoms with Crippen LogP contribution in [0, 0.1) is 14.3 Å². The Morgan fingerprint density at radius 3 is 1.74 bits per heavy atom. The lowest BCUT2D eigenvalue weighted by Gasteiger charge is -2.14. The molecule has 31 heavy (non-hydrogen) atoms. The molecular formula is C20H7Br2I4O5+. The van der Waals surface area contributed by atoms with Gasteiger partial charge < -0.3 is 15.3 Å². The third-order valence-corrected chi connectivity index (χ3v) is 9.31. The number of fused-ring (bicyclic) bond motifs is 2. The van der Waals surface area contributed by atoms with E-state index < -0.39 is 5.97 Å². The number of aromatic carboxylic acids is 1. The second-order valence-corrected chi connectivity index (χ2v) is 12.6. The van der Waals surface area contributed by atoms with Crippen LogP contribution in [0.1, 0.15) is 10.4 Å². The minimum Gasteiger partial charge on any atom is -0.505 e. The van der Waals surface area contributed by atoms with Gasteiger partial charge in [-0.25, -0.2) is 9.21 Å². The van der Waals surface area contributed by atoms with Gasteiger partial charge in [-0.15, -0.1) is 0 Å². The number of carboxylic acids is 1. The summed E-state index contributed by atoms with van der Waals surface area (Å²) >= 11 is 15.0. The molecule has 0 aliphatic carbocycles. The van der Waals surface area contributed by atoms with E-state index in [1.54, 1.807) is 24.3 Å². The molecule has 1 heterocycles. The number of phenolic OH excluding ortho intramolecular Hbond substituents is 2. The summed E-state index contributed by atoms with van der Waals surface area (Å²) in [6.07, 6.45) is 0. The van der Waals surface area contributed by atoms with Gasteiger partial charge in [-0.3, -0.25) is 0 Å². The Hall–Kier alpha value is 0.280. The first kappa shape index (κ1) is 24.4. The summed E-state index contributed by atoms with van der Waals surface area (Å²) in [4.78, 5) is 12.2. The molecule has 0 saturated heterocycles. The predicted molar refractivity (Wildman–Crippen MR) is 160 cm³/mol. The summed E-state index contributed by atoms with van der Waals surface area (Å²) in [5.41, 5.74) is 2.04. The maximum absolute atomic E-state index is 12.2. The number of hydrogen-bond donors (Lipinski definition) is 3. The molecule has 3 N–H and O–H groups in total. The second-order valence-electron chi connectivity index (χ2n) is 6.39. The molecule has 0 bridgehead atoms. The molecule has 0 unspecified atom stereocenters. The summed E-state index contributed by atoms with van der Waals surface area (Å²) in [6.45, 7) is 0. The SMILES string of the molecule is O=C(O)c1cc(Br)cc(Br)c1-c1c2cc(I)c(O)c(I)c2[o+]c2c(I)c(O)c(I)cc12. The van der Waals surface area contributed by atoms with E-state index in [1.165, 1.54) is 0 Å². The highest BCUT2D eigenvalue weighted by atomic mass is 127. The Balaban J connectivity index is 2.38. The maximum Gasteiger partial charge on any atom is 0.378 e. The van der Waals surface area contributed by atoms with E-state index in [0.717, 1.165) is 0 Å². The molecule has 0 spiro atoms. The van der Waals surface area contributed by atoms with Gasteiger partial charge in [-0.2, -0.15) is 0 Å². The molecular weight excluding hydrogens is 988 g/mol. The molecule has 0 fully saturated rings. The van der Waals surface area contributed by atoms with Gasteiger partial charge in [0.05, 0.1) is 23.5 Å². The zero-order valence-electron chi connectivity index (χ0n) is 14.7. The molecule has 3 aromatic carbocycles. The molecule has 0 aliphatic rings. The van der Waals surface area contributed by atoms with Crippen LogP contribution in [0.2, 0.25) is 0 Å². The quantitative estimate of drug-likeness (QED) is 0.107. The normalized spacial score (nSPS) is 11.4.